The minimum Gasteiger partial charge on any atom is -0.473 e. The average molecular weight is 514 g/mol. The van der Waals surface area contributed by atoms with Gasteiger partial charge in [-0.3, -0.25) is 4.90 Å². The summed E-state index contributed by atoms with van der Waals surface area (Å²) in [4.78, 5) is 21.0. The molecule has 2 N–H and O–H groups in total. The Morgan fingerprint density at radius 2 is 1.58 bits per heavy atom. The minimum atomic E-state index is -1.82. The fourth-order valence-electron chi connectivity index (χ4n) is 6.95. The Balaban J connectivity index is 0.000000443. The fourth-order valence-corrected chi connectivity index (χ4v) is 6.95. The molecule has 2 bridgehead atoms. The van der Waals surface area contributed by atoms with Gasteiger partial charge in [0.25, 0.3) is 0 Å². The predicted molar refractivity (Wildman–Crippen MR) is 146 cm³/mol. The van der Waals surface area contributed by atoms with E-state index in [1.165, 1.54) is 57.2 Å². The van der Waals surface area contributed by atoms with Crippen LogP contribution in [0.15, 0.2) is 78.9 Å². The maximum atomic E-state index is 9.10. The molecule has 0 unspecified atom stereocenters. The van der Waals surface area contributed by atoms with Crippen LogP contribution < -0.4 is 4.74 Å². The lowest BCUT2D eigenvalue weighted by Gasteiger charge is -2.59. The van der Waals surface area contributed by atoms with Crippen molar-refractivity contribution in [3.05, 3.63) is 95.6 Å². The number of para-hydroxylation sites is 1. The first-order valence-electron chi connectivity index (χ1n) is 13.6. The van der Waals surface area contributed by atoms with Gasteiger partial charge in [-0.15, -0.1) is 0 Å². The fraction of sp³-hybridized carbons (Fsp3) is 0.375. The zero-order chi connectivity index (χ0) is 26.5. The topological polar surface area (TPSA) is 87.1 Å². The largest absolute Gasteiger partial charge is 0.473 e. The summed E-state index contributed by atoms with van der Waals surface area (Å²) in [5.41, 5.74) is 5.00. The quantitative estimate of drug-likeness (QED) is 0.411. The molecular weight excluding hydrogens is 478 g/mol. The van der Waals surface area contributed by atoms with Crippen LogP contribution in [-0.4, -0.2) is 46.2 Å². The summed E-state index contributed by atoms with van der Waals surface area (Å²) in [6.45, 7) is 2.42. The number of fused-ring (bicyclic) bond motifs is 1. The van der Waals surface area contributed by atoms with Crippen LogP contribution in [0.25, 0.3) is 0 Å². The van der Waals surface area contributed by atoms with E-state index in [-0.39, 0.29) is 0 Å². The SMILES string of the molecule is O=C(O)C(=O)O.c1ccc(CCN2CC[C@]34CCCC[C@H]3[C@H]2Cc2ccc(Oc3ccccc3)cc24)cc1. The first-order chi connectivity index (χ1) is 18.5. The molecule has 6 rings (SSSR count). The van der Waals surface area contributed by atoms with Gasteiger partial charge in [0.15, 0.2) is 0 Å². The van der Waals surface area contributed by atoms with Crippen LogP contribution in [0.5, 0.6) is 11.5 Å². The number of carboxylic acid groups (broad SMARTS) is 2. The molecule has 38 heavy (non-hydrogen) atoms. The van der Waals surface area contributed by atoms with Gasteiger partial charge < -0.3 is 14.9 Å². The van der Waals surface area contributed by atoms with Gasteiger partial charge in [0.2, 0.25) is 0 Å². The highest BCUT2D eigenvalue weighted by Crippen LogP contribution is 2.56. The van der Waals surface area contributed by atoms with Crippen LogP contribution in [0.3, 0.4) is 0 Å². The summed E-state index contributed by atoms with van der Waals surface area (Å²) in [6, 6.07) is 28.9. The van der Waals surface area contributed by atoms with Crippen molar-refractivity contribution in [1.29, 1.82) is 0 Å². The van der Waals surface area contributed by atoms with Crippen molar-refractivity contribution in [3.8, 4) is 11.5 Å². The lowest BCUT2D eigenvalue weighted by molar-refractivity contribution is -0.159. The molecule has 6 nitrogen and oxygen atoms in total. The number of hydrogen-bond acceptors (Lipinski definition) is 4. The van der Waals surface area contributed by atoms with Gasteiger partial charge in [-0.05, 0) is 85.5 Å². The number of ether oxygens (including phenoxy) is 1. The normalized spacial score (nSPS) is 23.7. The monoisotopic (exact) mass is 513 g/mol. The zero-order valence-electron chi connectivity index (χ0n) is 21.6. The number of benzene rings is 3. The molecule has 0 amide bonds. The van der Waals surface area contributed by atoms with E-state index in [1.807, 2.05) is 30.3 Å². The van der Waals surface area contributed by atoms with E-state index in [4.69, 9.17) is 24.5 Å². The molecule has 2 aliphatic carbocycles. The van der Waals surface area contributed by atoms with Gasteiger partial charge >= 0.3 is 11.9 Å². The first kappa shape index (κ1) is 26.0. The lowest BCUT2D eigenvalue weighted by atomic mass is 9.52. The summed E-state index contributed by atoms with van der Waals surface area (Å²) < 4.78 is 6.26. The second-order valence-electron chi connectivity index (χ2n) is 10.6. The summed E-state index contributed by atoms with van der Waals surface area (Å²) in [5, 5.41) is 14.8. The molecule has 0 spiro atoms. The van der Waals surface area contributed by atoms with Crippen molar-refractivity contribution < 1.29 is 24.5 Å². The zero-order valence-corrected chi connectivity index (χ0v) is 21.6. The van der Waals surface area contributed by atoms with Gasteiger partial charge in [0, 0.05) is 18.0 Å². The van der Waals surface area contributed by atoms with Crippen LogP contribution in [0.2, 0.25) is 0 Å². The van der Waals surface area contributed by atoms with Crippen LogP contribution >= 0.6 is 0 Å². The number of nitrogens with zero attached hydrogens (tertiary/aromatic N) is 1. The number of carbonyl (C=O) groups is 2. The Morgan fingerprint density at radius 3 is 2.29 bits per heavy atom. The molecule has 6 heteroatoms. The second kappa shape index (κ2) is 11.4. The molecule has 3 aromatic carbocycles. The Kier molecular flexibility index (Phi) is 7.79. The van der Waals surface area contributed by atoms with E-state index in [9.17, 15) is 0 Å². The number of likely N-dealkylation sites (tertiary alicyclic amines) is 1. The molecule has 0 radical (unpaired) electrons. The van der Waals surface area contributed by atoms with Gasteiger partial charge in [0.05, 0.1) is 0 Å². The molecule has 1 saturated heterocycles. The van der Waals surface area contributed by atoms with Crippen LogP contribution in [-0.2, 0) is 27.8 Å². The molecule has 1 aliphatic heterocycles. The number of rotatable bonds is 5. The highest BCUT2D eigenvalue weighted by Gasteiger charge is 2.53. The summed E-state index contributed by atoms with van der Waals surface area (Å²) in [7, 11) is 0. The highest BCUT2D eigenvalue weighted by atomic mass is 16.5. The molecule has 3 aromatic rings. The van der Waals surface area contributed by atoms with E-state index in [0.717, 1.165) is 23.8 Å². The Hall–Kier alpha value is -3.64. The molecule has 3 atom stereocenters. The number of carboxylic acids is 2. The van der Waals surface area contributed by atoms with Crippen molar-refractivity contribution in [1.82, 2.24) is 4.90 Å². The lowest BCUT2D eigenvalue weighted by Crippen LogP contribution is -2.61. The Morgan fingerprint density at radius 1 is 0.868 bits per heavy atom. The van der Waals surface area contributed by atoms with E-state index >= 15 is 0 Å². The van der Waals surface area contributed by atoms with Crippen molar-refractivity contribution in [3.63, 3.8) is 0 Å². The van der Waals surface area contributed by atoms with Crippen LogP contribution in [0, 0.1) is 5.92 Å². The molecule has 2 fully saturated rings. The maximum absolute atomic E-state index is 9.10. The van der Waals surface area contributed by atoms with Crippen LogP contribution in [0.1, 0.15) is 48.8 Å². The van der Waals surface area contributed by atoms with Gasteiger partial charge in [-0.1, -0.05) is 67.4 Å². The molecule has 1 heterocycles. The third kappa shape index (κ3) is 5.46. The summed E-state index contributed by atoms with van der Waals surface area (Å²) in [6.07, 6.45) is 9.15. The predicted octanol–water partition coefficient (Wildman–Crippen LogP) is 5.94. The van der Waals surface area contributed by atoms with Crippen molar-refractivity contribution in [2.45, 2.75) is 56.4 Å². The summed E-state index contributed by atoms with van der Waals surface area (Å²) in [5.74, 6) is -0.932. The highest BCUT2D eigenvalue weighted by molar-refractivity contribution is 6.27. The standard InChI is InChI=1S/C30H33NO.C2H2O4/c1-3-9-23(10-4-1)16-19-31-20-18-30-17-8-7-13-27(30)29(31)21-24-14-15-26(22-28(24)30)32-25-11-5-2-6-12-25;3-1(4)2(5)6/h1-6,9-12,14-15,22,27,29H,7-8,13,16-21H2;(H,3,4)(H,5,6)/t27-,29+,30+;/m0./s1. The van der Waals surface area contributed by atoms with Crippen LogP contribution in [0.4, 0.5) is 0 Å². The third-order valence-electron chi connectivity index (χ3n) is 8.62. The van der Waals surface area contributed by atoms with E-state index < -0.39 is 11.9 Å². The minimum absolute atomic E-state index is 0.357. The van der Waals surface area contributed by atoms with Gasteiger partial charge in [-0.25, -0.2) is 9.59 Å². The van der Waals surface area contributed by atoms with Gasteiger partial charge in [-0.2, -0.15) is 0 Å². The van der Waals surface area contributed by atoms with Crippen molar-refractivity contribution >= 4 is 11.9 Å². The molecule has 3 aliphatic rings. The number of aliphatic carboxylic acids is 2. The maximum Gasteiger partial charge on any atom is 0.414 e. The molecule has 198 valence electrons. The van der Waals surface area contributed by atoms with E-state index in [2.05, 4.69) is 53.4 Å². The first-order valence-corrected chi connectivity index (χ1v) is 13.6. The Bertz CT molecular complexity index is 1250. The molecule has 0 aromatic heterocycles. The summed E-state index contributed by atoms with van der Waals surface area (Å²) >= 11 is 0. The third-order valence-corrected chi connectivity index (χ3v) is 8.62. The smallest absolute Gasteiger partial charge is 0.414 e. The van der Waals surface area contributed by atoms with E-state index in [0.29, 0.717) is 11.5 Å². The number of piperidine rings is 1. The number of hydrogen-bond donors (Lipinski definition) is 2. The van der Waals surface area contributed by atoms with E-state index in [1.54, 1.807) is 11.1 Å². The van der Waals surface area contributed by atoms with Gasteiger partial charge in [0.1, 0.15) is 11.5 Å². The Labute approximate surface area is 223 Å². The molecule has 1 saturated carbocycles. The van der Waals surface area contributed by atoms with Crippen molar-refractivity contribution in [2.24, 2.45) is 5.92 Å². The van der Waals surface area contributed by atoms with Crippen molar-refractivity contribution in [2.75, 3.05) is 13.1 Å². The second-order valence-corrected chi connectivity index (χ2v) is 10.6. The molecular formula is C32H35NO5. The average Bonchev–Trinajstić information content (AvgIpc) is 2.94.